The zero-order valence-electron chi connectivity index (χ0n) is 11.4. The summed E-state index contributed by atoms with van der Waals surface area (Å²) in [6.45, 7) is 0. The van der Waals surface area contributed by atoms with E-state index in [1.807, 2.05) is 18.2 Å². The fourth-order valence-electron chi connectivity index (χ4n) is 3.01. The second kappa shape index (κ2) is 7.52. The normalized spacial score (nSPS) is 18.5. The van der Waals surface area contributed by atoms with E-state index in [4.69, 9.17) is 28.9 Å². The summed E-state index contributed by atoms with van der Waals surface area (Å²) in [4.78, 5) is 0. The van der Waals surface area contributed by atoms with E-state index < -0.39 is 0 Å². The summed E-state index contributed by atoms with van der Waals surface area (Å²) in [5.41, 5.74) is 7.31. The monoisotopic (exact) mass is 299 g/mol. The van der Waals surface area contributed by atoms with Crippen molar-refractivity contribution >= 4 is 23.2 Å². The summed E-state index contributed by atoms with van der Waals surface area (Å²) in [5, 5.41) is 1.51. The minimum absolute atomic E-state index is 0.192. The first kappa shape index (κ1) is 15.2. The van der Waals surface area contributed by atoms with Gasteiger partial charge in [0.25, 0.3) is 0 Å². The van der Waals surface area contributed by atoms with E-state index in [2.05, 4.69) is 0 Å². The molecule has 19 heavy (non-hydrogen) atoms. The van der Waals surface area contributed by atoms with E-state index in [1.54, 1.807) is 0 Å². The Morgan fingerprint density at radius 3 is 2.63 bits per heavy atom. The van der Waals surface area contributed by atoms with Crippen LogP contribution in [0.4, 0.5) is 0 Å². The van der Waals surface area contributed by atoms with E-state index in [-0.39, 0.29) is 6.04 Å². The molecule has 1 aliphatic carbocycles. The van der Waals surface area contributed by atoms with Gasteiger partial charge < -0.3 is 5.73 Å². The van der Waals surface area contributed by atoms with E-state index in [0.29, 0.717) is 0 Å². The highest BCUT2D eigenvalue weighted by Gasteiger charge is 2.15. The number of nitrogens with two attached hydrogens (primary N) is 1. The van der Waals surface area contributed by atoms with Gasteiger partial charge in [0.2, 0.25) is 0 Å². The maximum absolute atomic E-state index is 6.24. The van der Waals surface area contributed by atoms with Crippen LogP contribution in [0.25, 0.3) is 0 Å². The van der Waals surface area contributed by atoms with Gasteiger partial charge in [-0.2, -0.15) is 0 Å². The summed E-state index contributed by atoms with van der Waals surface area (Å²) in [7, 11) is 0. The molecule has 3 heteroatoms. The highest BCUT2D eigenvalue weighted by atomic mass is 35.5. The number of halogens is 2. The molecule has 0 spiro atoms. The molecular weight excluding hydrogens is 277 g/mol. The lowest BCUT2D eigenvalue weighted by Crippen LogP contribution is -2.24. The topological polar surface area (TPSA) is 26.0 Å². The lowest BCUT2D eigenvalue weighted by atomic mass is 9.85. The Hall–Kier alpha value is -0.240. The highest BCUT2D eigenvalue weighted by molar-refractivity contribution is 6.33. The molecule has 1 unspecified atom stereocenters. The van der Waals surface area contributed by atoms with Crippen molar-refractivity contribution in [3.05, 3.63) is 33.8 Å². The molecule has 1 fully saturated rings. The highest BCUT2D eigenvalue weighted by Crippen LogP contribution is 2.28. The fraction of sp³-hybridized carbons (Fsp3) is 0.625. The van der Waals surface area contributed by atoms with Crippen molar-refractivity contribution in [1.29, 1.82) is 0 Å². The summed E-state index contributed by atoms with van der Waals surface area (Å²) in [6.07, 6.45) is 10.2. The molecule has 1 nitrogen and oxygen atoms in total. The molecule has 0 amide bonds. The maximum atomic E-state index is 6.24. The maximum Gasteiger partial charge on any atom is 0.0439 e. The van der Waals surface area contributed by atoms with Crippen LogP contribution in [-0.2, 0) is 6.42 Å². The number of benzene rings is 1. The van der Waals surface area contributed by atoms with Crippen LogP contribution in [0.2, 0.25) is 10.0 Å². The van der Waals surface area contributed by atoms with Gasteiger partial charge in [-0.25, -0.2) is 0 Å². The van der Waals surface area contributed by atoms with E-state index in [0.717, 1.165) is 34.4 Å². The zero-order chi connectivity index (χ0) is 13.7. The lowest BCUT2D eigenvalue weighted by Gasteiger charge is -2.23. The van der Waals surface area contributed by atoms with Gasteiger partial charge in [0.05, 0.1) is 0 Å². The SMILES string of the molecule is NC(CCC1CCCCC1)Cc1cc(Cl)ccc1Cl. The van der Waals surface area contributed by atoms with Crippen molar-refractivity contribution in [3.63, 3.8) is 0 Å². The Labute approximate surface area is 126 Å². The molecule has 1 aliphatic rings. The van der Waals surface area contributed by atoms with Crippen molar-refractivity contribution in [2.45, 2.75) is 57.4 Å². The molecule has 0 aliphatic heterocycles. The minimum atomic E-state index is 0.192. The largest absolute Gasteiger partial charge is 0.327 e. The molecule has 1 saturated carbocycles. The Morgan fingerprint density at radius 1 is 1.16 bits per heavy atom. The first-order chi connectivity index (χ1) is 9.15. The van der Waals surface area contributed by atoms with Gasteiger partial charge in [-0.1, -0.05) is 55.3 Å². The average molecular weight is 300 g/mol. The Bertz CT molecular complexity index is 400. The summed E-state index contributed by atoms with van der Waals surface area (Å²) in [6, 6.07) is 5.80. The van der Waals surface area contributed by atoms with Gasteiger partial charge in [0.15, 0.2) is 0 Å². The molecule has 0 saturated heterocycles. The molecule has 2 N–H and O–H groups in total. The van der Waals surface area contributed by atoms with Crippen LogP contribution in [0.5, 0.6) is 0 Å². The van der Waals surface area contributed by atoms with E-state index >= 15 is 0 Å². The smallest absolute Gasteiger partial charge is 0.0439 e. The molecule has 0 radical (unpaired) electrons. The number of hydrogen-bond acceptors (Lipinski definition) is 1. The van der Waals surface area contributed by atoms with Crippen LogP contribution in [0.3, 0.4) is 0 Å². The molecule has 1 atom stereocenters. The van der Waals surface area contributed by atoms with Gasteiger partial charge in [0, 0.05) is 16.1 Å². The van der Waals surface area contributed by atoms with Gasteiger partial charge >= 0.3 is 0 Å². The standard InChI is InChI=1S/C16H23Cl2N/c17-14-7-9-16(18)13(10-14)11-15(19)8-6-12-4-2-1-3-5-12/h7,9-10,12,15H,1-6,8,11,19H2. The van der Waals surface area contributed by atoms with Crippen LogP contribution < -0.4 is 5.73 Å². The summed E-state index contributed by atoms with van der Waals surface area (Å²) < 4.78 is 0. The number of rotatable bonds is 5. The van der Waals surface area contributed by atoms with Gasteiger partial charge in [-0.05, 0) is 48.9 Å². The second-order valence-corrected chi connectivity index (χ2v) is 6.62. The molecule has 0 heterocycles. The summed E-state index contributed by atoms with van der Waals surface area (Å²) >= 11 is 12.2. The molecule has 0 aromatic heterocycles. The third-order valence-electron chi connectivity index (χ3n) is 4.16. The van der Waals surface area contributed by atoms with Gasteiger partial charge in [-0.3, -0.25) is 0 Å². The molecule has 106 valence electrons. The van der Waals surface area contributed by atoms with Crippen LogP contribution >= 0.6 is 23.2 Å². The Balaban J connectivity index is 1.80. The van der Waals surface area contributed by atoms with Crippen LogP contribution in [0.1, 0.15) is 50.5 Å². The third kappa shape index (κ3) is 4.98. The molecular formula is C16H23Cl2N. The summed E-state index contributed by atoms with van der Waals surface area (Å²) in [5.74, 6) is 0.898. The third-order valence-corrected chi connectivity index (χ3v) is 4.76. The van der Waals surface area contributed by atoms with Gasteiger partial charge in [0.1, 0.15) is 0 Å². The van der Waals surface area contributed by atoms with Crippen molar-refractivity contribution in [2.24, 2.45) is 11.7 Å². The van der Waals surface area contributed by atoms with E-state index in [1.165, 1.54) is 38.5 Å². The van der Waals surface area contributed by atoms with Gasteiger partial charge in [-0.15, -0.1) is 0 Å². The molecule has 2 rings (SSSR count). The second-order valence-electron chi connectivity index (χ2n) is 5.78. The van der Waals surface area contributed by atoms with Crippen LogP contribution in [0, 0.1) is 5.92 Å². The lowest BCUT2D eigenvalue weighted by molar-refractivity contribution is 0.323. The Kier molecular flexibility index (Phi) is 6.00. The van der Waals surface area contributed by atoms with Crippen molar-refractivity contribution < 1.29 is 0 Å². The van der Waals surface area contributed by atoms with Crippen LogP contribution in [-0.4, -0.2) is 6.04 Å². The van der Waals surface area contributed by atoms with Crippen LogP contribution in [0.15, 0.2) is 18.2 Å². The predicted octanol–water partition coefficient (Wildman–Crippen LogP) is 5.22. The zero-order valence-corrected chi connectivity index (χ0v) is 12.9. The van der Waals surface area contributed by atoms with Crippen molar-refractivity contribution in [2.75, 3.05) is 0 Å². The fourth-order valence-corrected chi connectivity index (χ4v) is 3.40. The van der Waals surface area contributed by atoms with E-state index in [9.17, 15) is 0 Å². The predicted molar refractivity (Wildman–Crippen MR) is 84.0 cm³/mol. The average Bonchev–Trinajstić information content (AvgIpc) is 2.42. The first-order valence-electron chi connectivity index (χ1n) is 7.34. The van der Waals surface area contributed by atoms with Crippen molar-refractivity contribution in [1.82, 2.24) is 0 Å². The number of hydrogen-bond donors (Lipinski definition) is 1. The quantitative estimate of drug-likeness (QED) is 0.792. The molecule has 0 bridgehead atoms. The minimum Gasteiger partial charge on any atom is -0.327 e. The molecule has 1 aromatic carbocycles. The molecule has 1 aromatic rings. The first-order valence-corrected chi connectivity index (χ1v) is 8.10. The Morgan fingerprint density at radius 2 is 1.89 bits per heavy atom. The van der Waals surface area contributed by atoms with Crippen molar-refractivity contribution in [3.8, 4) is 0 Å².